The van der Waals surface area contributed by atoms with Crippen molar-refractivity contribution in [2.45, 2.75) is 309 Å². The molecule has 71 heavy (non-hydrogen) atoms. The fourth-order valence-corrected chi connectivity index (χ4v) is 9.79. The van der Waals surface area contributed by atoms with Crippen LogP contribution in [0.4, 0.5) is 0 Å². The third-order valence-electron chi connectivity index (χ3n) is 14.6. The number of unbranched alkanes of at least 4 members (excludes halogenated alkanes) is 28. The average Bonchev–Trinajstić information content (AvgIpc) is 3.74. The number of ether oxygens (including phenoxy) is 2. The minimum Gasteiger partial charge on any atom is -0.462 e. The molecule has 4 atom stereocenters. The van der Waals surface area contributed by atoms with Crippen molar-refractivity contribution >= 4 is 23.8 Å². The van der Waals surface area contributed by atoms with Crippen LogP contribution in [0.1, 0.15) is 291 Å². The number of hydrogen-bond acceptors (Lipinski definition) is 7. The zero-order valence-corrected chi connectivity index (χ0v) is 47.6. The molecule has 1 N–H and O–H groups in total. The second-order valence-corrected chi connectivity index (χ2v) is 21.8. The Balaban J connectivity index is 3.03. The first-order valence-corrected chi connectivity index (χ1v) is 30.6. The van der Waals surface area contributed by atoms with E-state index in [1.807, 2.05) is 19.0 Å². The molecule has 0 aliphatic carbocycles. The van der Waals surface area contributed by atoms with Crippen molar-refractivity contribution in [1.82, 2.24) is 15.1 Å². The predicted octanol–water partition coefficient (Wildman–Crippen LogP) is 16.5. The van der Waals surface area contributed by atoms with E-state index >= 15 is 0 Å². The third-order valence-corrected chi connectivity index (χ3v) is 14.6. The SMILES string of the molecule is CCCCC/C=C\CCC(CCCCCCCCCCCCCC)OC(=O)CC[C@H](NC(=O)C1CC(=O)N(CCN(C)C)C1)C(=O)OC(CC/C=C\CCCCC)CCCCCCCCCCCCCC. The van der Waals surface area contributed by atoms with Gasteiger partial charge < -0.3 is 24.6 Å². The van der Waals surface area contributed by atoms with Gasteiger partial charge in [0, 0.05) is 32.5 Å². The topological polar surface area (TPSA) is 105 Å². The maximum atomic E-state index is 14.3. The van der Waals surface area contributed by atoms with Gasteiger partial charge in [0.15, 0.2) is 0 Å². The summed E-state index contributed by atoms with van der Waals surface area (Å²) < 4.78 is 12.6. The van der Waals surface area contributed by atoms with Crippen LogP contribution in [-0.4, -0.2) is 85.5 Å². The summed E-state index contributed by atoms with van der Waals surface area (Å²) in [6.45, 7) is 10.6. The van der Waals surface area contributed by atoms with Crippen molar-refractivity contribution in [3.8, 4) is 0 Å². The van der Waals surface area contributed by atoms with Gasteiger partial charge in [0.1, 0.15) is 18.2 Å². The molecule has 0 spiro atoms. The van der Waals surface area contributed by atoms with Crippen molar-refractivity contribution in [1.29, 1.82) is 0 Å². The molecule has 414 valence electrons. The van der Waals surface area contributed by atoms with Crippen LogP contribution < -0.4 is 5.32 Å². The highest BCUT2D eigenvalue weighted by Gasteiger charge is 2.36. The summed E-state index contributed by atoms with van der Waals surface area (Å²) in [5.41, 5.74) is 0. The first-order valence-electron chi connectivity index (χ1n) is 30.6. The monoisotopic (exact) mass is 998 g/mol. The Labute approximate surface area is 439 Å². The standard InChI is InChI=1S/C62H115N3O6/c1-7-11-15-19-23-25-27-29-31-35-39-42-46-56(45-41-37-33-21-17-13-9-3)70-60(67)50-49-58(63-61(68)55-53-59(66)65(54-55)52-51-64(5)6)62(69)71-57(47-43-38-34-22-18-14-10-4)48-44-40-36-32-30-28-26-24-20-16-12-8-2/h33-34,37-38,55-58H,7-32,35-36,39-54H2,1-6H3,(H,63,68)/b37-33-,38-34-/t55?,56?,57?,58-/m0/s1. The average molecular weight is 999 g/mol. The molecule has 0 aromatic heterocycles. The lowest BCUT2D eigenvalue weighted by Crippen LogP contribution is -2.46. The lowest BCUT2D eigenvalue weighted by atomic mass is 10.0. The Bertz CT molecular complexity index is 1330. The van der Waals surface area contributed by atoms with E-state index in [0.29, 0.717) is 19.6 Å². The first-order chi connectivity index (χ1) is 34.6. The van der Waals surface area contributed by atoms with Gasteiger partial charge in [-0.05, 0) is 97.6 Å². The summed E-state index contributed by atoms with van der Waals surface area (Å²) in [7, 11) is 3.94. The van der Waals surface area contributed by atoms with Crippen molar-refractivity contribution in [2.75, 3.05) is 33.7 Å². The Kier molecular flexibility index (Phi) is 45.1. The smallest absolute Gasteiger partial charge is 0.328 e. The molecule has 9 nitrogen and oxygen atoms in total. The molecular weight excluding hydrogens is 883 g/mol. The predicted molar refractivity (Wildman–Crippen MR) is 301 cm³/mol. The summed E-state index contributed by atoms with van der Waals surface area (Å²) in [5.74, 6) is -1.76. The van der Waals surface area contributed by atoms with E-state index in [-0.39, 0.29) is 49.3 Å². The van der Waals surface area contributed by atoms with E-state index in [1.165, 1.54) is 167 Å². The molecule has 2 amide bonds. The van der Waals surface area contributed by atoms with Crippen molar-refractivity contribution in [2.24, 2.45) is 5.92 Å². The van der Waals surface area contributed by atoms with E-state index in [1.54, 1.807) is 4.90 Å². The van der Waals surface area contributed by atoms with Gasteiger partial charge in [-0.15, -0.1) is 0 Å². The number of likely N-dealkylation sites (tertiary alicyclic amines) is 1. The van der Waals surface area contributed by atoms with Crippen LogP contribution in [0.2, 0.25) is 0 Å². The molecular formula is C62H115N3O6. The van der Waals surface area contributed by atoms with E-state index in [2.05, 4.69) is 57.3 Å². The number of nitrogens with zero attached hydrogens (tertiary/aromatic N) is 2. The second kappa shape index (κ2) is 48.3. The molecule has 0 radical (unpaired) electrons. The van der Waals surface area contributed by atoms with Gasteiger partial charge >= 0.3 is 11.9 Å². The highest BCUT2D eigenvalue weighted by Crippen LogP contribution is 2.22. The summed E-state index contributed by atoms with van der Waals surface area (Å²) in [6, 6.07) is -1.00. The molecule has 9 heteroatoms. The molecule has 0 aromatic carbocycles. The molecule has 3 unspecified atom stereocenters. The van der Waals surface area contributed by atoms with Gasteiger partial charge in [-0.3, -0.25) is 14.4 Å². The Morgan fingerprint density at radius 3 is 1.37 bits per heavy atom. The molecule has 0 bridgehead atoms. The Morgan fingerprint density at radius 1 is 0.535 bits per heavy atom. The van der Waals surface area contributed by atoms with E-state index in [9.17, 15) is 19.2 Å². The number of rotatable bonds is 51. The van der Waals surface area contributed by atoms with Crippen LogP contribution in [-0.2, 0) is 28.7 Å². The number of amides is 2. The van der Waals surface area contributed by atoms with Gasteiger partial charge in [-0.25, -0.2) is 4.79 Å². The first kappa shape index (κ1) is 66.3. The van der Waals surface area contributed by atoms with Gasteiger partial charge in [-0.2, -0.15) is 0 Å². The zero-order valence-electron chi connectivity index (χ0n) is 47.6. The molecule has 1 rings (SSSR count). The van der Waals surface area contributed by atoms with Crippen molar-refractivity contribution in [3.63, 3.8) is 0 Å². The summed E-state index contributed by atoms with van der Waals surface area (Å²) >= 11 is 0. The highest BCUT2D eigenvalue weighted by molar-refractivity contribution is 5.91. The van der Waals surface area contributed by atoms with Gasteiger partial charge in [0.25, 0.3) is 0 Å². The minimum atomic E-state index is -1.00. The number of carbonyl (C=O) groups excluding carboxylic acids is 4. The maximum Gasteiger partial charge on any atom is 0.328 e. The summed E-state index contributed by atoms with van der Waals surface area (Å²) in [6.07, 6.45) is 53.6. The normalized spacial score (nSPS) is 15.3. The summed E-state index contributed by atoms with van der Waals surface area (Å²) in [5, 5.41) is 3.00. The molecule has 1 saturated heterocycles. The highest BCUT2D eigenvalue weighted by atomic mass is 16.5. The lowest BCUT2D eigenvalue weighted by Gasteiger charge is -2.24. The van der Waals surface area contributed by atoms with Crippen molar-refractivity contribution < 1.29 is 28.7 Å². The number of hydrogen-bond donors (Lipinski definition) is 1. The second-order valence-electron chi connectivity index (χ2n) is 21.8. The number of carbonyl (C=O) groups is 4. The number of likely N-dealkylation sites (N-methyl/N-ethyl adjacent to an activating group) is 1. The van der Waals surface area contributed by atoms with Crippen LogP contribution in [0.15, 0.2) is 24.3 Å². The molecule has 1 fully saturated rings. The van der Waals surface area contributed by atoms with Gasteiger partial charge in [0.05, 0.1) is 5.92 Å². The van der Waals surface area contributed by atoms with Crippen LogP contribution in [0.3, 0.4) is 0 Å². The van der Waals surface area contributed by atoms with Crippen LogP contribution in [0, 0.1) is 5.92 Å². The maximum absolute atomic E-state index is 14.3. The van der Waals surface area contributed by atoms with Crippen LogP contribution in [0.25, 0.3) is 0 Å². The fourth-order valence-electron chi connectivity index (χ4n) is 9.79. The van der Waals surface area contributed by atoms with E-state index in [0.717, 1.165) is 77.0 Å². The summed E-state index contributed by atoms with van der Waals surface area (Å²) in [4.78, 5) is 58.6. The largest absolute Gasteiger partial charge is 0.462 e. The lowest BCUT2D eigenvalue weighted by molar-refractivity contribution is -0.155. The quantitative estimate of drug-likeness (QED) is 0.0368. The molecule has 1 heterocycles. The Morgan fingerprint density at radius 2 is 0.930 bits per heavy atom. The molecule has 0 saturated carbocycles. The fraction of sp³-hybridized carbons (Fsp3) is 0.871. The van der Waals surface area contributed by atoms with Crippen LogP contribution >= 0.6 is 0 Å². The Hall–Kier alpha value is -2.68. The number of esters is 2. The number of nitrogens with one attached hydrogen (secondary N) is 1. The molecule has 0 aromatic rings. The number of allylic oxidation sites excluding steroid dienone is 4. The van der Waals surface area contributed by atoms with Gasteiger partial charge in [0.2, 0.25) is 11.8 Å². The van der Waals surface area contributed by atoms with E-state index < -0.39 is 17.9 Å². The third kappa shape index (κ3) is 39.5. The van der Waals surface area contributed by atoms with Crippen molar-refractivity contribution in [3.05, 3.63) is 24.3 Å². The molecule has 1 aliphatic rings. The molecule has 1 aliphatic heterocycles. The van der Waals surface area contributed by atoms with E-state index in [4.69, 9.17) is 9.47 Å². The zero-order chi connectivity index (χ0) is 51.8. The minimum absolute atomic E-state index is 0.00428. The van der Waals surface area contributed by atoms with Crippen LogP contribution in [0.5, 0.6) is 0 Å². The van der Waals surface area contributed by atoms with Gasteiger partial charge in [-0.1, -0.05) is 219 Å².